The number of benzene rings is 1. The molecule has 1 heterocycles. The van der Waals surface area contributed by atoms with Crippen LogP contribution in [-0.2, 0) is 9.53 Å². The number of ether oxygens (including phenoxy) is 3. The van der Waals surface area contributed by atoms with E-state index in [1.54, 1.807) is 6.92 Å². The average Bonchev–Trinajstić information content (AvgIpc) is 3.00. The zero-order chi connectivity index (χ0) is 17.7. The molecule has 1 N–H and O–H groups in total. The number of carbonyl (C=O) groups is 2. The van der Waals surface area contributed by atoms with Crippen LogP contribution in [-0.4, -0.2) is 37.7 Å². The number of hydrogen-bond donors (Lipinski definition) is 1. The molecule has 0 bridgehead atoms. The highest BCUT2D eigenvalue weighted by Gasteiger charge is 2.15. The third kappa shape index (κ3) is 4.36. The van der Waals surface area contributed by atoms with Crippen molar-refractivity contribution in [2.75, 3.05) is 26.1 Å². The third-order valence-electron chi connectivity index (χ3n) is 2.90. The number of rotatable bonds is 6. The molecule has 1 aromatic heterocycles. The molecule has 0 aliphatic rings. The number of halogens is 1. The van der Waals surface area contributed by atoms with Gasteiger partial charge in [-0.3, -0.25) is 4.79 Å². The van der Waals surface area contributed by atoms with Crippen molar-refractivity contribution >= 4 is 40.5 Å². The van der Waals surface area contributed by atoms with Crippen molar-refractivity contribution in [2.24, 2.45) is 0 Å². The number of methoxy groups -OCH3 is 2. The van der Waals surface area contributed by atoms with Crippen LogP contribution in [0.5, 0.6) is 11.5 Å². The molecule has 7 nitrogen and oxygen atoms in total. The molecule has 0 fully saturated rings. The Kier molecular flexibility index (Phi) is 5.99. The van der Waals surface area contributed by atoms with Gasteiger partial charge in [0, 0.05) is 12.1 Å². The number of thiazole rings is 1. The van der Waals surface area contributed by atoms with Gasteiger partial charge in [0.2, 0.25) is 0 Å². The largest absolute Gasteiger partial charge is 0.495 e. The van der Waals surface area contributed by atoms with Crippen LogP contribution in [0.3, 0.4) is 0 Å². The van der Waals surface area contributed by atoms with E-state index in [1.165, 1.54) is 43.9 Å². The summed E-state index contributed by atoms with van der Waals surface area (Å²) in [4.78, 5) is 28.1. The van der Waals surface area contributed by atoms with Crippen molar-refractivity contribution in [3.8, 4) is 11.5 Å². The van der Waals surface area contributed by atoms with Gasteiger partial charge in [0.15, 0.2) is 6.61 Å². The molecule has 0 aliphatic carbocycles. The molecule has 0 unspecified atom stereocenters. The first-order valence-electron chi connectivity index (χ1n) is 6.75. The second-order valence-corrected chi connectivity index (χ2v) is 6.20. The maximum absolute atomic E-state index is 12.0. The standard InChI is InChI=1S/C15H15ClN2O5S/c1-8-17-6-13(24-8)15(20)23-7-14(19)18-10-5-11(21-2)9(16)4-12(10)22-3/h4-6H,7H2,1-3H3,(H,18,19). The summed E-state index contributed by atoms with van der Waals surface area (Å²) in [6, 6.07) is 3.04. The number of anilines is 1. The van der Waals surface area contributed by atoms with E-state index in [0.717, 1.165) is 5.01 Å². The Bertz CT molecular complexity index is 762. The average molecular weight is 371 g/mol. The molecule has 128 valence electrons. The fraction of sp³-hybridized carbons (Fsp3) is 0.267. The van der Waals surface area contributed by atoms with Gasteiger partial charge in [0.1, 0.15) is 16.4 Å². The molecule has 0 radical (unpaired) electrons. The molecule has 2 aromatic rings. The highest BCUT2D eigenvalue weighted by atomic mass is 35.5. The minimum atomic E-state index is -0.601. The van der Waals surface area contributed by atoms with Crippen LogP contribution in [0.4, 0.5) is 5.69 Å². The Balaban J connectivity index is 2.00. The summed E-state index contributed by atoms with van der Waals surface area (Å²) in [7, 11) is 2.90. The summed E-state index contributed by atoms with van der Waals surface area (Å²) in [5.41, 5.74) is 0.355. The molecule has 24 heavy (non-hydrogen) atoms. The summed E-state index contributed by atoms with van der Waals surface area (Å²) in [5, 5.41) is 3.67. The summed E-state index contributed by atoms with van der Waals surface area (Å²) in [6.07, 6.45) is 1.41. The van der Waals surface area contributed by atoms with E-state index in [1.807, 2.05) is 0 Å². The number of nitrogens with zero attached hydrogens (tertiary/aromatic N) is 1. The summed E-state index contributed by atoms with van der Waals surface area (Å²) in [5.74, 6) is -0.382. The normalized spacial score (nSPS) is 10.2. The Hall–Kier alpha value is -2.32. The molecule has 1 aromatic carbocycles. The van der Waals surface area contributed by atoms with Crippen molar-refractivity contribution in [2.45, 2.75) is 6.92 Å². The van der Waals surface area contributed by atoms with Gasteiger partial charge in [0.05, 0.1) is 36.1 Å². The molecular formula is C15H15ClN2O5S. The zero-order valence-corrected chi connectivity index (χ0v) is 14.8. The molecule has 0 spiro atoms. The van der Waals surface area contributed by atoms with Gasteiger partial charge < -0.3 is 19.5 Å². The minimum Gasteiger partial charge on any atom is -0.495 e. The lowest BCUT2D eigenvalue weighted by Gasteiger charge is -2.13. The monoisotopic (exact) mass is 370 g/mol. The topological polar surface area (TPSA) is 86.8 Å². The van der Waals surface area contributed by atoms with Crippen molar-refractivity contribution in [1.82, 2.24) is 4.98 Å². The maximum Gasteiger partial charge on any atom is 0.350 e. The van der Waals surface area contributed by atoms with Gasteiger partial charge in [-0.15, -0.1) is 11.3 Å². The highest BCUT2D eigenvalue weighted by Crippen LogP contribution is 2.35. The lowest BCUT2D eigenvalue weighted by molar-refractivity contribution is -0.119. The molecule has 0 saturated heterocycles. The fourth-order valence-electron chi connectivity index (χ4n) is 1.80. The number of carbonyl (C=O) groups excluding carboxylic acids is 2. The Morgan fingerprint density at radius 3 is 2.54 bits per heavy atom. The number of esters is 1. The smallest absolute Gasteiger partial charge is 0.350 e. The van der Waals surface area contributed by atoms with Crippen LogP contribution >= 0.6 is 22.9 Å². The summed E-state index contributed by atoms with van der Waals surface area (Å²) in [6.45, 7) is 1.33. The number of aromatic nitrogens is 1. The molecule has 1 amide bonds. The van der Waals surface area contributed by atoms with E-state index in [0.29, 0.717) is 27.1 Å². The van der Waals surface area contributed by atoms with E-state index in [4.69, 9.17) is 25.8 Å². The Labute approximate surface area is 147 Å². The van der Waals surface area contributed by atoms with Gasteiger partial charge in [-0.1, -0.05) is 11.6 Å². The van der Waals surface area contributed by atoms with E-state index < -0.39 is 18.5 Å². The molecule has 0 atom stereocenters. The minimum absolute atomic E-state index is 0.339. The Morgan fingerprint density at radius 1 is 1.25 bits per heavy atom. The van der Waals surface area contributed by atoms with Crippen molar-refractivity contribution in [3.63, 3.8) is 0 Å². The van der Waals surface area contributed by atoms with Gasteiger partial charge >= 0.3 is 5.97 Å². The molecule has 0 saturated carbocycles. The van der Waals surface area contributed by atoms with E-state index >= 15 is 0 Å². The second-order valence-electron chi connectivity index (χ2n) is 4.55. The van der Waals surface area contributed by atoms with Gasteiger partial charge in [0.25, 0.3) is 5.91 Å². The quantitative estimate of drug-likeness (QED) is 0.787. The molecule has 0 aliphatic heterocycles. The van der Waals surface area contributed by atoms with Gasteiger partial charge in [-0.05, 0) is 6.92 Å². The molecule has 9 heteroatoms. The van der Waals surface area contributed by atoms with Crippen LogP contribution in [0.2, 0.25) is 5.02 Å². The predicted octanol–water partition coefficient (Wildman–Crippen LogP) is 2.92. The fourth-order valence-corrected chi connectivity index (χ4v) is 2.70. The van der Waals surface area contributed by atoms with E-state index in [-0.39, 0.29) is 0 Å². The first-order valence-corrected chi connectivity index (χ1v) is 7.95. The van der Waals surface area contributed by atoms with Gasteiger partial charge in [-0.2, -0.15) is 0 Å². The lowest BCUT2D eigenvalue weighted by atomic mass is 10.2. The number of nitrogens with one attached hydrogen (secondary N) is 1. The first kappa shape index (κ1) is 18.0. The van der Waals surface area contributed by atoms with Crippen molar-refractivity contribution < 1.29 is 23.8 Å². The van der Waals surface area contributed by atoms with Crippen LogP contribution < -0.4 is 14.8 Å². The number of hydrogen-bond acceptors (Lipinski definition) is 7. The number of amides is 1. The molecular weight excluding hydrogens is 356 g/mol. The van der Waals surface area contributed by atoms with Crippen molar-refractivity contribution in [1.29, 1.82) is 0 Å². The SMILES string of the molecule is COc1cc(NC(=O)COC(=O)c2cnc(C)s2)c(OC)cc1Cl. The van der Waals surface area contributed by atoms with Gasteiger partial charge in [-0.25, -0.2) is 9.78 Å². The highest BCUT2D eigenvalue weighted by molar-refractivity contribution is 7.13. The van der Waals surface area contributed by atoms with Crippen LogP contribution in [0.15, 0.2) is 18.3 Å². The first-order chi connectivity index (χ1) is 11.4. The summed E-state index contributed by atoms with van der Waals surface area (Å²) < 4.78 is 15.2. The lowest BCUT2D eigenvalue weighted by Crippen LogP contribution is -2.21. The van der Waals surface area contributed by atoms with Crippen LogP contribution in [0.1, 0.15) is 14.7 Å². The predicted molar refractivity (Wildman–Crippen MR) is 90.3 cm³/mol. The Morgan fingerprint density at radius 2 is 1.96 bits per heavy atom. The molecule has 2 rings (SSSR count). The van der Waals surface area contributed by atoms with Crippen LogP contribution in [0, 0.1) is 6.92 Å². The third-order valence-corrected chi connectivity index (χ3v) is 4.09. The number of aryl methyl sites for hydroxylation is 1. The van der Waals surface area contributed by atoms with E-state index in [2.05, 4.69) is 10.3 Å². The zero-order valence-electron chi connectivity index (χ0n) is 13.2. The maximum atomic E-state index is 12.0. The van der Waals surface area contributed by atoms with E-state index in [9.17, 15) is 9.59 Å². The van der Waals surface area contributed by atoms with Crippen LogP contribution in [0.25, 0.3) is 0 Å². The second kappa shape index (κ2) is 7.98. The summed E-state index contributed by atoms with van der Waals surface area (Å²) >= 11 is 7.19. The van der Waals surface area contributed by atoms with Crippen molar-refractivity contribution in [3.05, 3.63) is 33.2 Å².